The molecule has 6 heteroatoms. The molecule has 27 heavy (non-hydrogen) atoms. The Bertz CT molecular complexity index is 1040. The number of thioether (sulfide) groups is 1. The monoisotopic (exact) mass is 381 g/mol. The van der Waals surface area contributed by atoms with E-state index in [0.717, 1.165) is 16.8 Å². The van der Waals surface area contributed by atoms with Gasteiger partial charge in [-0.15, -0.1) is 0 Å². The van der Waals surface area contributed by atoms with Gasteiger partial charge in [-0.05, 0) is 50.1 Å². The molecule has 0 aliphatic heterocycles. The van der Waals surface area contributed by atoms with Gasteiger partial charge in [-0.1, -0.05) is 36.0 Å². The molecule has 0 aliphatic rings. The summed E-state index contributed by atoms with van der Waals surface area (Å²) < 4.78 is 1.66. The molecule has 0 bridgehead atoms. The van der Waals surface area contributed by atoms with Crippen LogP contribution in [0.1, 0.15) is 24.5 Å². The van der Waals surface area contributed by atoms with E-state index < -0.39 is 0 Å². The van der Waals surface area contributed by atoms with Gasteiger partial charge >= 0.3 is 0 Å². The summed E-state index contributed by atoms with van der Waals surface area (Å²) in [7, 11) is 0. The quantitative estimate of drug-likeness (QED) is 0.514. The molecule has 0 spiro atoms. The van der Waals surface area contributed by atoms with Crippen molar-refractivity contribution in [1.82, 2.24) is 9.55 Å². The first-order valence-electron chi connectivity index (χ1n) is 8.99. The Balaban J connectivity index is 1.69. The molecule has 0 saturated heterocycles. The van der Waals surface area contributed by atoms with Crippen molar-refractivity contribution in [3.8, 4) is 0 Å². The molecule has 1 heterocycles. The second kappa shape index (κ2) is 8.39. The van der Waals surface area contributed by atoms with Gasteiger partial charge in [0.2, 0.25) is 5.91 Å². The standard InChI is InChI=1S/C21H23N3O2S/c1-4-24-20(26)16-7-5-6-8-17(16)23-21(24)27-12-11-19(25)22-18-13-14(2)9-10-15(18)3/h5-10,13H,4,11-12H2,1-3H3,(H,22,25). The Morgan fingerprint density at radius 3 is 2.74 bits per heavy atom. The van der Waals surface area contributed by atoms with Crippen LogP contribution < -0.4 is 10.9 Å². The van der Waals surface area contributed by atoms with E-state index in [9.17, 15) is 9.59 Å². The van der Waals surface area contributed by atoms with Gasteiger partial charge in [-0.2, -0.15) is 0 Å². The van der Waals surface area contributed by atoms with Crippen molar-refractivity contribution in [2.75, 3.05) is 11.1 Å². The summed E-state index contributed by atoms with van der Waals surface area (Å²) in [6, 6.07) is 13.3. The van der Waals surface area contributed by atoms with Crippen LogP contribution in [0.3, 0.4) is 0 Å². The SMILES string of the molecule is CCn1c(SCCC(=O)Nc2cc(C)ccc2C)nc2ccccc2c1=O. The number of hydrogen-bond acceptors (Lipinski definition) is 4. The van der Waals surface area contributed by atoms with Crippen molar-refractivity contribution in [3.63, 3.8) is 0 Å². The minimum absolute atomic E-state index is 0.0366. The zero-order chi connectivity index (χ0) is 19.4. The zero-order valence-electron chi connectivity index (χ0n) is 15.8. The maximum Gasteiger partial charge on any atom is 0.262 e. The maximum absolute atomic E-state index is 12.6. The number of nitrogens with one attached hydrogen (secondary N) is 1. The summed E-state index contributed by atoms with van der Waals surface area (Å²) in [6.07, 6.45) is 0.352. The third kappa shape index (κ3) is 4.39. The summed E-state index contributed by atoms with van der Waals surface area (Å²) in [5, 5.41) is 4.24. The summed E-state index contributed by atoms with van der Waals surface area (Å²) in [5.74, 6) is 0.518. The molecular formula is C21H23N3O2S. The predicted octanol–water partition coefficient (Wildman–Crippen LogP) is 4.15. The molecule has 0 radical (unpaired) electrons. The van der Waals surface area contributed by atoms with E-state index in [2.05, 4.69) is 10.3 Å². The number of rotatable bonds is 6. The fourth-order valence-electron chi connectivity index (χ4n) is 2.85. The van der Waals surface area contributed by atoms with E-state index in [1.807, 2.05) is 57.2 Å². The van der Waals surface area contributed by atoms with E-state index in [-0.39, 0.29) is 11.5 Å². The van der Waals surface area contributed by atoms with Crippen LogP contribution in [-0.2, 0) is 11.3 Å². The smallest absolute Gasteiger partial charge is 0.262 e. The van der Waals surface area contributed by atoms with Gasteiger partial charge in [0.05, 0.1) is 10.9 Å². The molecule has 0 atom stereocenters. The molecule has 140 valence electrons. The van der Waals surface area contributed by atoms with Gasteiger partial charge < -0.3 is 5.32 Å². The number of fused-ring (bicyclic) bond motifs is 1. The first-order valence-corrected chi connectivity index (χ1v) is 9.97. The molecule has 3 rings (SSSR count). The molecule has 5 nitrogen and oxygen atoms in total. The summed E-state index contributed by atoms with van der Waals surface area (Å²) >= 11 is 1.44. The first-order chi connectivity index (χ1) is 13.0. The van der Waals surface area contributed by atoms with Crippen molar-refractivity contribution in [1.29, 1.82) is 0 Å². The zero-order valence-corrected chi connectivity index (χ0v) is 16.6. The highest BCUT2D eigenvalue weighted by Gasteiger charge is 2.11. The number of para-hydroxylation sites is 1. The van der Waals surface area contributed by atoms with E-state index in [1.54, 1.807) is 10.6 Å². The summed E-state index contributed by atoms with van der Waals surface area (Å²) in [4.78, 5) is 29.5. The minimum atomic E-state index is -0.0395. The number of carbonyl (C=O) groups is 1. The first kappa shape index (κ1) is 19.2. The molecule has 1 aromatic heterocycles. The Morgan fingerprint density at radius 1 is 1.19 bits per heavy atom. The number of hydrogen-bond donors (Lipinski definition) is 1. The normalized spacial score (nSPS) is 10.9. The van der Waals surface area contributed by atoms with E-state index in [1.165, 1.54) is 11.8 Å². The second-order valence-corrected chi connectivity index (χ2v) is 7.49. The van der Waals surface area contributed by atoms with Gasteiger partial charge in [-0.3, -0.25) is 14.2 Å². The Morgan fingerprint density at radius 2 is 1.96 bits per heavy atom. The van der Waals surface area contributed by atoms with Crippen molar-refractivity contribution < 1.29 is 4.79 Å². The minimum Gasteiger partial charge on any atom is -0.326 e. The van der Waals surface area contributed by atoms with Crippen LogP contribution in [0.25, 0.3) is 10.9 Å². The number of nitrogens with zero attached hydrogens (tertiary/aromatic N) is 2. The highest BCUT2D eigenvalue weighted by Crippen LogP contribution is 2.20. The molecule has 3 aromatic rings. The maximum atomic E-state index is 12.6. The van der Waals surface area contributed by atoms with Crippen LogP contribution in [0, 0.1) is 13.8 Å². The van der Waals surface area contributed by atoms with Gasteiger partial charge in [0, 0.05) is 24.4 Å². The average Bonchev–Trinajstić information content (AvgIpc) is 2.65. The van der Waals surface area contributed by atoms with E-state index in [4.69, 9.17) is 0 Å². The molecule has 0 unspecified atom stereocenters. The fourth-order valence-corrected chi connectivity index (χ4v) is 3.86. The van der Waals surface area contributed by atoms with Crippen LogP contribution >= 0.6 is 11.8 Å². The van der Waals surface area contributed by atoms with Gasteiger partial charge in [0.25, 0.3) is 5.56 Å². The van der Waals surface area contributed by atoms with Gasteiger partial charge in [-0.25, -0.2) is 4.98 Å². The fraction of sp³-hybridized carbons (Fsp3) is 0.286. The lowest BCUT2D eigenvalue weighted by molar-refractivity contribution is -0.115. The summed E-state index contributed by atoms with van der Waals surface area (Å²) in [5.41, 5.74) is 3.65. The molecule has 0 fully saturated rings. The number of amides is 1. The number of benzene rings is 2. The molecule has 1 amide bonds. The molecular weight excluding hydrogens is 358 g/mol. The molecule has 0 saturated carbocycles. The van der Waals surface area contributed by atoms with Crippen LogP contribution in [0.5, 0.6) is 0 Å². The van der Waals surface area contributed by atoms with Gasteiger partial charge in [0.15, 0.2) is 5.16 Å². The van der Waals surface area contributed by atoms with Crippen LogP contribution in [-0.4, -0.2) is 21.2 Å². The highest BCUT2D eigenvalue weighted by atomic mass is 32.2. The third-order valence-electron chi connectivity index (χ3n) is 4.37. The topological polar surface area (TPSA) is 64.0 Å². The predicted molar refractivity (Wildman–Crippen MR) is 112 cm³/mol. The van der Waals surface area contributed by atoms with Crippen molar-refractivity contribution >= 4 is 34.3 Å². The van der Waals surface area contributed by atoms with E-state index >= 15 is 0 Å². The lowest BCUT2D eigenvalue weighted by atomic mass is 10.1. The van der Waals surface area contributed by atoms with Crippen molar-refractivity contribution in [2.24, 2.45) is 0 Å². The van der Waals surface area contributed by atoms with Crippen LogP contribution in [0.15, 0.2) is 52.4 Å². The number of anilines is 1. The molecule has 0 aliphatic carbocycles. The van der Waals surface area contributed by atoms with Crippen molar-refractivity contribution in [3.05, 3.63) is 63.9 Å². The number of aromatic nitrogens is 2. The molecule has 1 N–H and O–H groups in total. The second-order valence-electron chi connectivity index (χ2n) is 6.43. The van der Waals surface area contributed by atoms with Gasteiger partial charge in [0.1, 0.15) is 0 Å². The van der Waals surface area contributed by atoms with Crippen LogP contribution in [0.4, 0.5) is 5.69 Å². The summed E-state index contributed by atoms with van der Waals surface area (Å²) in [6.45, 7) is 6.45. The Hall–Kier alpha value is -2.60. The third-order valence-corrected chi connectivity index (χ3v) is 5.35. The lowest BCUT2D eigenvalue weighted by Gasteiger charge is -2.12. The largest absolute Gasteiger partial charge is 0.326 e. The lowest BCUT2D eigenvalue weighted by Crippen LogP contribution is -2.22. The number of aryl methyl sites for hydroxylation is 2. The van der Waals surface area contributed by atoms with Crippen LogP contribution in [0.2, 0.25) is 0 Å². The molecule has 2 aromatic carbocycles. The highest BCUT2D eigenvalue weighted by molar-refractivity contribution is 7.99. The average molecular weight is 382 g/mol. The Kier molecular flexibility index (Phi) is 5.96. The van der Waals surface area contributed by atoms with Crippen molar-refractivity contribution in [2.45, 2.75) is 38.9 Å². The Labute approximate surface area is 162 Å². The number of carbonyl (C=O) groups excluding carboxylic acids is 1. The van der Waals surface area contributed by atoms with E-state index in [0.29, 0.717) is 34.8 Å².